The first-order chi connectivity index (χ1) is 48.2. The molecule has 99 heavy (non-hydrogen) atoms. The molecule has 0 spiro atoms. The number of benzene rings is 5. The van der Waals surface area contributed by atoms with Crippen LogP contribution in [0.1, 0.15) is 176 Å². The van der Waals surface area contributed by atoms with Gasteiger partial charge in [-0.2, -0.15) is 0 Å². The Balaban J connectivity index is 0.765. The van der Waals surface area contributed by atoms with Crippen molar-refractivity contribution in [3.05, 3.63) is 179 Å². The summed E-state index contributed by atoms with van der Waals surface area (Å²) in [7, 11) is 3.47. The Bertz CT molecular complexity index is 3580. The summed E-state index contributed by atoms with van der Waals surface area (Å²) in [5.74, 6) is 8.42. The third-order valence-corrected chi connectivity index (χ3v) is 21.0. The zero-order valence-electron chi connectivity index (χ0n) is 58.1. The van der Waals surface area contributed by atoms with Crippen molar-refractivity contribution in [2.75, 3.05) is 27.2 Å². The molecule has 4 heterocycles. The minimum atomic E-state index is -1.64. The molecule has 4 fully saturated rings. The minimum absolute atomic E-state index is 0.00224. The van der Waals surface area contributed by atoms with Crippen LogP contribution in [0.2, 0.25) is 0 Å². The summed E-state index contributed by atoms with van der Waals surface area (Å²) < 4.78 is 0. The lowest BCUT2D eigenvalue weighted by Gasteiger charge is -2.38. The molecule has 522 valence electrons. The van der Waals surface area contributed by atoms with Gasteiger partial charge in [-0.25, -0.2) is 0 Å². The first-order valence-corrected chi connectivity index (χ1v) is 36.1. The number of fused-ring (bicyclic) bond motifs is 2. The number of rotatable bonds is 34. The third-order valence-electron chi connectivity index (χ3n) is 21.0. The Labute approximate surface area is 585 Å². The number of ketones is 4. The van der Waals surface area contributed by atoms with Gasteiger partial charge >= 0.3 is 0 Å². The predicted octanol–water partition coefficient (Wildman–Crippen LogP) is 9.60. The van der Waals surface area contributed by atoms with Crippen LogP contribution in [-0.4, -0.2) is 132 Å². The maximum Gasteiger partial charge on any atom is 0.246 e. The molecule has 9 rings (SSSR count). The highest BCUT2D eigenvalue weighted by atomic mass is 16.2. The second kappa shape index (κ2) is 37.4. The van der Waals surface area contributed by atoms with E-state index in [-0.39, 0.29) is 141 Å². The number of nitrogens with zero attached hydrogens (tertiary/aromatic N) is 2. The summed E-state index contributed by atoms with van der Waals surface area (Å²) in [6, 6.07) is 44.6. The number of Topliss-reactive ketones (excluding diaryl/α,β-unsaturated/α-hetero) is 4. The number of carbonyl (C=O) groups is 9. The van der Waals surface area contributed by atoms with Crippen molar-refractivity contribution in [1.82, 2.24) is 41.7 Å². The fourth-order valence-corrected chi connectivity index (χ4v) is 15.5. The highest BCUT2D eigenvalue weighted by molar-refractivity contribution is 6.00. The molecule has 0 unspecified atom stereocenters. The van der Waals surface area contributed by atoms with E-state index >= 15 is 14.4 Å². The van der Waals surface area contributed by atoms with Crippen LogP contribution < -0.4 is 31.9 Å². The Hall–Kier alpha value is -8.87. The molecular weight excluding hydrogens is 1240 g/mol. The standard InChI is InChI=1S/C82H100N8O9/c1-5-69(83-3)73(92)54-68-61(56-85-55-57-29-16-11-17-30-57)43-46-65-48-51-72(90(65)80(68)98)79(97)88-82(62-35-22-14-23-36-62,63-37-24-15-25-38-63)75(94)40-28-52-86-76(95)41-27-10-8-7-9-26-39-66(91)49-44-60-42-45-64-47-50-71(89(64)81(99)77(60)87-78(96)70(6-2)84-4)74(93)53-67(58-31-18-12-19-32-58)59-33-20-13-21-34-59/h11-25,29-38,60-61,64-65,67-72,77,83-85H,5-6,26-28,39-56H2,1-4H3,(H,86,95)(H,87,96)(H,88,97)/t60-,61-,64+,65+,68+,69+,70+,71+,72+,77+/m1/s1. The average molecular weight is 1340 g/mol. The van der Waals surface area contributed by atoms with Crippen LogP contribution in [0.25, 0.3) is 0 Å². The Kier molecular flexibility index (Phi) is 28.1. The summed E-state index contributed by atoms with van der Waals surface area (Å²) in [5, 5.41) is 19.0. The lowest BCUT2D eigenvalue weighted by molar-refractivity contribution is -0.146. The quantitative estimate of drug-likeness (QED) is 0.0167. The van der Waals surface area contributed by atoms with Gasteiger partial charge in [-0.15, -0.1) is 0 Å². The SMILES string of the molecule is CC[C@H](NC)C(=O)C[C@@H]1C(=O)N2[C@@H](CC[C@@H]1CNCc1ccccc1)CC[C@H]2C(=O)NC(C(=O)CCCNC(=O)CCC#CC#CCCC(=O)CC[C@H]1CC[C@H]2CC[C@@H](C(=O)CC(c3ccccc3)c3ccccc3)N2C(=O)[C@H]1NC(=O)[C@H](CC)NC)(c1ccccc1)c1ccccc1. The summed E-state index contributed by atoms with van der Waals surface area (Å²) in [6.45, 7) is 5.18. The van der Waals surface area contributed by atoms with E-state index in [1.807, 2.05) is 166 Å². The van der Waals surface area contributed by atoms with Gasteiger partial charge in [0, 0.05) is 88.4 Å². The second-order valence-corrected chi connectivity index (χ2v) is 27.1. The highest BCUT2D eigenvalue weighted by Gasteiger charge is 2.52. The number of likely N-dealkylation sites (N-methyl/N-ethyl adjacent to an activating group) is 2. The molecule has 4 saturated heterocycles. The van der Waals surface area contributed by atoms with Crippen LogP contribution >= 0.6 is 0 Å². The number of hydrogen-bond donors (Lipinski definition) is 6. The van der Waals surface area contributed by atoms with E-state index in [0.29, 0.717) is 94.8 Å². The largest absolute Gasteiger partial charge is 0.356 e. The molecule has 17 nitrogen and oxygen atoms in total. The monoisotopic (exact) mass is 1340 g/mol. The molecule has 17 heteroatoms. The van der Waals surface area contributed by atoms with Crippen molar-refractivity contribution in [3.8, 4) is 23.7 Å². The van der Waals surface area contributed by atoms with Crippen molar-refractivity contribution in [2.45, 2.75) is 203 Å². The fourth-order valence-electron chi connectivity index (χ4n) is 15.5. The molecule has 0 bridgehead atoms. The van der Waals surface area contributed by atoms with Crippen molar-refractivity contribution in [2.24, 2.45) is 17.8 Å². The first kappa shape index (κ1) is 74.4. The van der Waals surface area contributed by atoms with Gasteiger partial charge < -0.3 is 41.7 Å². The van der Waals surface area contributed by atoms with Crippen LogP contribution in [0.3, 0.4) is 0 Å². The summed E-state index contributed by atoms with van der Waals surface area (Å²) >= 11 is 0. The van der Waals surface area contributed by atoms with Gasteiger partial charge in [0.05, 0.1) is 18.1 Å². The van der Waals surface area contributed by atoms with Gasteiger partial charge in [-0.05, 0) is 149 Å². The molecule has 0 radical (unpaired) electrons. The molecule has 6 N–H and O–H groups in total. The van der Waals surface area contributed by atoms with Gasteiger partial charge in [0.15, 0.2) is 17.3 Å². The normalized spacial score (nSPS) is 21.1. The highest BCUT2D eigenvalue weighted by Crippen LogP contribution is 2.41. The lowest BCUT2D eigenvalue weighted by atomic mass is 9.77. The van der Waals surface area contributed by atoms with E-state index in [2.05, 4.69) is 55.6 Å². The van der Waals surface area contributed by atoms with E-state index in [0.717, 1.165) is 16.7 Å². The fraction of sp³-hybridized carbons (Fsp3) is 0.476. The van der Waals surface area contributed by atoms with Crippen molar-refractivity contribution >= 4 is 52.7 Å². The van der Waals surface area contributed by atoms with E-state index in [1.54, 1.807) is 23.9 Å². The van der Waals surface area contributed by atoms with E-state index in [1.165, 1.54) is 0 Å². The van der Waals surface area contributed by atoms with E-state index < -0.39 is 47.6 Å². The molecule has 10 atom stereocenters. The molecule has 5 aromatic carbocycles. The molecule has 0 aromatic heterocycles. The first-order valence-electron chi connectivity index (χ1n) is 36.1. The molecule has 0 aliphatic carbocycles. The maximum absolute atomic E-state index is 15.2. The summed E-state index contributed by atoms with van der Waals surface area (Å²) in [5.41, 5.74) is 2.65. The van der Waals surface area contributed by atoms with Crippen LogP contribution in [0.4, 0.5) is 0 Å². The lowest BCUT2D eigenvalue weighted by Crippen LogP contribution is -2.58. The van der Waals surface area contributed by atoms with Gasteiger partial charge in [0.25, 0.3) is 0 Å². The molecule has 0 saturated carbocycles. The van der Waals surface area contributed by atoms with Gasteiger partial charge in [0.2, 0.25) is 29.5 Å². The summed E-state index contributed by atoms with van der Waals surface area (Å²) in [6.07, 6.45) is 7.96. The number of nitrogens with one attached hydrogen (secondary N) is 6. The molecule has 5 amide bonds. The van der Waals surface area contributed by atoms with Gasteiger partial charge in [0.1, 0.15) is 23.4 Å². The van der Waals surface area contributed by atoms with Gasteiger partial charge in [-0.3, -0.25) is 43.2 Å². The second-order valence-electron chi connectivity index (χ2n) is 27.1. The zero-order valence-corrected chi connectivity index (χ0v) is 58.1. The maximum atomic E-state index is 15.2. The van der Waals surface area contributed by atoms with Crippen molar-refractivity contribution in [1.29, 1.82) is 0 Å². The smallest absolute Gasteiger partial charge is 0.246 e. The molecule has 5 aromatic rings. The number of hydrogen-bond acceptors (Lipinski definition) is 12. The van der Waals surface area contributed by atoms with Crippen LogP contribution in [0.15, 0.2) is 152 Å². The minimum Gasteiger partial charge on any atom is -0.356 e. The Morgan fingerprint density at radius 1 is 0.576 bits per heavy atom. The zero-order chi connectivity index (χ0) is 70.1. The van der Waals surface area contributed by atoms with Gasteiger partial charge in [-0.1, -0.05) is 177 Å². The number of carbonyl (C=O) groups excluding carboxylic acids is 9. The molecule has 4 aliphatic heterocycles. The Morgan fingerprint density at radius 2 is 1.10 bits per heavy atom. The molecular formula is C82H100N8O9. The van der Waals surface area contributed by atoms with Crippen LogP contribution in [0.5, 0.6) is 0 Å². The topological polar surface area (TPSA) is 232 Å². The van der Waals surface area contributed by atoms with Crippen molar-refractivity contribution < 1.29 is 43.2 Å². The Morgan fingerprint density at radius 3 is 1.68 bits per heavy atom. The number of amides is 5. The van der Waals surface area contributed by atoms with E-state index in [4.69, 9.17) is 0 Å². The van der Waals surface area contributed by atoms with Crippen molar-refractivity contribution in [3.63, 3.8) is 0 Å². The third kappa shape index (κ3) is 19.3. The van der Waals surface area contributed by atoms with E-state index in [9.17, 15) is 28.8 Å². The molecule has 4 aliphatic rings. The van der Waals surface area contributed by atoms with Crippen LogP contribution in [-0.2, 0) is 55.2 Å². The average Bonchev–Trinajstić information content (AvgIpc) is 1.73. The predicted molar refractivity (Wildman–Crippen MR) is 384 cm³/mol. The van der Waals surface area contributed by atoms with Crippen LogP contribution in [0, 0.1) is 41.4 Å². The summed E-state index contributed by atoms with van der Waals surface area (Å²) in [4.78, 5) is 132.